The van der Waals surface area contributed by atoms with E-state index in [2.05, 4.69) is 38.0 Å². The highest BCUT2D eigenvalue weighted by atomic mass is 16.3. The zero-order chi connectivity index (χ0) is 16.5. The Bertz CT molecular complexity index is 845. The van der Waals surface area contributed by atoms with Crippen LogP contribution >= 0.6 is 0 Å². The Balaban J connectivity index is 1.82. The molecule has 1 aliphatic rings. The van der Waals surface area contributed by atoms with Gasteiger partial charge in [0, 0.05) is 20.1 Å². The molecule has 24 heavy (non-hydrogen) atoms. The number of fused-ring (bicyclic) bond motifs is 1. The van der Waals surface area contributed by atoms with E-state index in [1.165, 1.54) is 5.56 Å². The summed E-state index contributed by atoms with van der Waals surface area (Å²) in [5.74, 6) is 0.881. The van der Waals surface area contributed by atoms with Crippen LogP contribution in [0.4, 0.5) is 11.6 Å². The summed E-state index contributed by atoms with van der Waals surface area (Å²) in [7, 11) is 1.89. The van der Waals surface area contributed by atoms with Gasteiger partial charge in [-0.2, -0.15) is 4.98 Å². The van der Waals surface area contributed by atoms with Crippen LogP contribution in [-0.2, 0) is 6.54 Å². The first-order valence-electron chi connectivity index (χ1n) is 8.25. The molecular formula is C18H21N5O. The second kappa shape index (κ2) is 6.13. The maximum Gasteiger partial charge on any atom is 0.208 e. The molecule has 0 radical (unpaired) electrons. The molecule has 1 atom stereocenters. The van der Waals surface area contributed by atoms with Gasteiger partial charge in [0.05, 0.1) is 30.0 Å². The Kier molecular flexibility index (Phi) is 3.82. The highest BCUT2D eigenvalue weighted by Crippen LogP contribution is 2.27. The maximum atomic E-state index is 9.89. The maximum absolute atomic E-state index is 9.89. The van der Waals surface area contributed by atoms with Crippen LogP contribution in [0.15, 0.2) is 42.6 Å². The molecule has 1 saturated heterocycles. The molecule has 1 aromatic carbocycles. The Labute approximate surface area is 140 Å². The molecule has 6 heteroatoms. The standard InChI is InChI=1S/C18H21N5O/c1-19-14-9-16-17(20-10-14)21-18(22-8-7-15(24)12-22)23(16)11-13-5-3-2-4-6-13/h2-6,9-10,15,19,24H,7-8,11-12H2,1H3/t15-/m0/s1. The van der Waals surface area contributed by atoms with Gasteiger partial charge in [0.15, 0.2) is 5.65 Å². The number of benzene rings is 1. The summed E-state index contributed by atoms with van der Waals surface area (Å²) in [6.45, 7) is 2.17. The Morgan fingerprint density at radius 1 is 1.29 bits per heavy atom. The number of pyridine rings is 1. The zero-order valence-electron chi connectivity index (χ0n) is 13.7. The molecule has 1 fully saturated rings. The number of nitrogens with zero attached hydrogens (tertiary/aromatic N) is 4. The molecule has 4 rings (SSSR count). The quantitative estimate of drug-likeness (QED) is 0.770. The summed E-state index contributed by atoms with van der Waals surface area (Å²) in [5, 5.41) is 13.0. The van der Waals surface area contributed by atoms with E-state index in [4.69, 9.17) is 4.98 Å². The number of β-amino-alcohol motifs (C(OH)–C–C–N with tert-alkyl or cyclic N) is 1. The summed E-state index contributed by atoms with van der Waals surface area (Å²) < 4.78 is 2.19. The van der Waals surface area contributed by atoms with Crippen LogP contribution in [0.3, 0.4) is 0 Å². The number of hydrogen-bond donors (Lipinski definition) is 2. The lowest BCUT2D eigenvalue weighted by molar-refractivity contribution is 0.198. The minimum absolute atomic E-state index is 0.282. The van der Waals surface area contributed by atoms with Crippen molar-refractivity contribution in [2.45, 2.75) is 19.1 Å². The minimum atomic E-state index is -0.282. The van der Waals surface area contributed by atoms with E-state index >= 15 is 0 Å². The number of rotatable bonds is 4. The van der Waals surface area contributed by atoms with E-state index in [1.54, 1.807) is 6.20 Å². The van der Waals surface area contributed by atoms with E-state index < -0.39 is 0 Å². The molecule has 0 saturated carbocycles. The van der Waals surface area contributed by atoms with Gasteiger partial charge in [0.2, 0.25) is 5.95 Å². The predicted molar refractivity (Wildman–Crippen MR) is 95.5 cm³/mol. The zero-order valence-corrected chi connectivity index (χ0v) is 13.7. The third-order valence-electron chi connectivity index (χ3n) is 4.50. The molecule has 3 heterocycles. The summed E-state index contributed by atoms with van der Waals surface area (Å²) in [6.07, 6.45) is 2.30. The largest absolute Gasteiger partial charge is 0.391 e. The Morgan fingerprint density at radius 3 is 2.83 bits per heavy atom. The molecule has 6 nitrogen and oxygen atoms in total. The Hall–Kier alpha value is -2.60. The molecule has 0 bridgehead atoms. The fraction of sp³-hybridized carbons (Fsp3) is 0.333. The van der Waals surface area contributed by atoms with Gasteiger partial charge in [0.1, 0.15) is 0 Å². The number of aliphatic hydroxyl groups is 1. The molecular weight excluding hydrogens is 302 g/mol. The number of imidazole rings is 1. The lowest BCUT2D eigenvalue weighted by atomic mass is 10.2. The van der Waals surface area contributed by atoms with Gasteiger partial charge in [-0.3, -0.25) is 0 Å². The van der Waals surface area contributed by atoms with Crippen molar-refractivity contribution in [3.05, 3.63) is 48.2 Å². The Morgan fingerprint density at radius 2 is 2.12 bits per heavy atom. The van der Waals surface area contributed by atoms with Crippen LogP contribution < -0.4 is 10.2 Å². The third kappa shape index (κ3) is 2.69. The van der Waals surface area contributed by atoms with E-state index in [9.17, 15) is 5.11 Å². The van der Waals surface area contributed by atoms with Crippen molar-refractivity contribution in [1.29, 1.82) is 0 Å². The summed E-state index contributed by atoms with van der Waals surface area (Å²) in [5.41, 5.74) is 3.92. The molecule has 0 amide bonds. The highest BCUT2D eigenvalue weighted by Gasteiger charge is 2.25. The fourth-order valence-corrected chi connectivity index (χ4v) is 3.22. The smallest absolute Gasteiger partial charge is 0.208 e. The summed E-state index contributed by atoms with van der Waals surface area (Å²) in [6, 6.07) is 12.4. The number of anilines is 2. The first-order valence-corrected chi connectivity index (χ1v) is 8.25. The van der Waals surface area contributed by atoms with E-state index in [1.807, 2.05) is 25.2 Å². The molecule has 1 aliphatic heterocycles. The van der Waals surface area contributed by atoms with Crippen LogP contribution in [0, 0.1) is 0 Å². The van der Waals surface area contributed by atoms with Crippen LogP contribution in [0.25, 0.3) is 11.2 Å². The molecule has 2 aromatic heterocycles. The second-order valence-corrected chi connectivity index (χ2v) is 6.19. The molecule has 0 unspecified atom stereocenters. The number of nitrogens with one attached hydrogen (secondary N) is 1. The van der Waals surface area contributed by atoms with Crippen molar-refractivity contribution in [3.63, 3.8) is 0 Å². The third-order valence-corrected chi connectivity index (χ3v) is 4.50. The van der Waals surface area contributed by atoms with Gasteiger partial charge >= 0.3 is 0 Å². The molecule has 2 N–H and O–H groups in total. The lowest BCUT2D eigenvalue weighted by Crippen LogP contribution is -2.25. The monoisotopic (exact) mass is 323 g/mol. The number of aromatic nitrogens is 3. The van der Waals surface area contributed by atoms with Gasteiger partial charge < -0.3 is 19.9 Å². The number of hydrogen-bond acceptors (Lipinski definition) is 5. The first-order chi connectivity index (χ1) is 11.7. The van der Waals surface area contributed by atoms with Gasteiger partial charge in [-0.1, -0.05) is 30.3 Å². The molecule has 124 valence electrons. The molecule has 3 aromatic rings. The van der Waals surface area contributed by atoms with Gasteiger partial charge in [-0.25, -0.2) is 4.98 Å². The fourth-order valence-electron chi connectivity index (χ4n) is 3.22. The normalized spacial score (nSPS) is 17.6. The van der Waals surface area contributed by atoms with Crippen molar-refractivity contribution in [3.8, 4) is 0 Å². The van der Waals surface area contributed by atoms with Crippen LogP contribution in [0.1, 0.15) is 12.0 Å². The van der Waals surface area contributed by atoms with Crippen LogP contribution in [0.5, 0.6) is 0 Å². The van der Waals surface area contributed by atoms with Crippen molar-refractivity contribution in [2.75, 3.05) is 30.4 Å². The van der Waals surface area contributed by atoms with Crippen molar-refractivity contribution in [1.82, 2.24) is 14.5 Å². The predicted octanol–water partition coefficient (Wildman–Crippen LogP) is 2.09. The number of aliphatic hydroxyl groups excluding tert-OH is 1. The average Bonchev–Trinajstić information content (AvgIpc) is 3.19. The van der Waals surface area contributed by atoms with Crippen molar-refractivity contribution < 1.29 is 5.11 Å². The highest BCUT2D eigenvalue weighted by molar-refractivity contribution is 5.78. The topological polar surface area (TPSA) is 66.2 Å². The van der Waals surface area contributed by atoms with Gasteiger partial charge in [0.25, 0.3) is 0 Å². The van der Waals surface area contributed by atoms with Crippen LogP contribution in [-0.4, -0.2) is 45.9 Å². The summed E-state index contributed by atoms with van der Waals surface area (Å²) in [4.78, 5) is 11.4. The first kappa shape index (κ1) is 15.0. The van der Waals surface area contributed by atoms with E-state index in [0.29, 0.717) is 6.54 Å². The molecule has 0 spiro atoms. The van der Waals surface area contributed by atoms with E-state index in [0.717, 1.165) is 42.3 Å². The van der Waals surface area contributed by atoms with E-state index in [-0.39, 0.29) is 6.10 Å². The average molecular weight is 323 g/mol. The minimum Gasteiger partial charge on any atom is -0.391 e. The second-order valence-electron chi connectivity index (χ2n) is 6.19. The summed E-state index contributed by atoms with van der Waals surface area (Å²) >= 11 is 0. The van der Waals surface area contributed by atoms with Gasteiger partial charge in [-0.15, -0.1) is 0 Å². The SMILES string of the molecule is CNc1cnc2nc(N3CC[C@H](O)C3)n(Cc3ccccc3)c2c1. The molecule has 0 aliphatic carbocycles. The van der Waals surface area contributed by atoms with Gasteiger partial charge in [-0.05, 0) is 18.1 Å². The van der Waals surface area contributed by atoms with Crippen molar-refractivity contribution in [2.24, 2.45) is 0 Å². The van der Waals surface area contributed by atoms with Crippen molar-refractivity contribution >= 4 is 22.8 Å². The van der Waals surface area contributed by atoms with Crippen LogP contribution in [0.2, 0.25) is 0 Å². The lowest BCUT2D eigenvalue weighted by Gasteiger charge is -2.19.